The van der Waals surface area contributed by atoms with Crippen LogP contribution in [0.1, 0.15) is 0 Å². The average molecular weight is 287 g/mol. The molecule has 6 heteroatoms. The highest BCUT2D eigenvalue weighted by molar-refractivity contribution is 5.81. The number of hydrogen-bond acceptors (Lipinski definition) is 3. The van der Waals surface area contributed by atoms with Gasteiger partial charge in [-0.25, -0.2) is 9.13 Å². The van der Waals surface area contributed by atoms with Crippen molar-refractivity contribution >= 4 is 22.9 Å². The Balaban J connectivity index is 1.68. The Morgan fingerprint density at radius 3 is 2.95 bits per heavy atom. The van der Waals surface area contributed by atoms with E-state index in [-0.39, 0.29) is 5.91 Å². The molecule has 1 aromatic carbocycles. The fourth-order valence-corrected chi connectivity index (χ4v) is 3.20. The number of hydrogen-bond donors (Lipinski definition) is 1. The first-order chi connectivity index (χ1) is 10.3. The summed E-state index contributed by atoms with van der Waals surface area (Å²) < 4.78 is 9.66. The summed E-state index contributed by atoms with van der Waals surface area (Å²) in [5.74, 6) is 1.20. The van der Waals surface area contributed by atoms with Gasteiger partial charge in [0.05, 0.1) is 19.8 Å². The van der Waals surface area contributed by atoms with Crippen LogP contribution in [0, 0.1) is 0 Å². The van der Waals surface area contributed by atoms with E-state index in [0.717, 1.165) is 24.6 Å². The summed E-state index contributed by atoms with van der Waals surface area (Å²) >= 11 is 0. The number of nitrogens with zero attached hydrogens (tertiary/aromatic N) is 3. The van der Waals surface area contributed by atoms with Crippen LogP contribution in [-0.4, -0.2) is 48.2 Å². The molecule has 3 heterocycles. The van der Waals surface area contributed by atoms with Gasteiger partial charge >= 0.3 is 5.95 Å². The maximum Gasteiger partial charge on any atom is 0.359 e. The summed E-state index contributed by atoms with van der Waals surface area (Å²) in [5.41, 5.74) is 2.30. The molecular formula is C15H19N4O2+. The largest absolute Gasteiger partial charge is 0.378 e. The van der Waals surface area contributed by atoms with Crippen molar-refractivity contribution in [2.75, 3.05) is 38.2 Å². The Hall–Kier alpha value is -2.08. The van der Waals surface area contributed by atoms with Crippen LogP contribution in [0.3, 0.4) is 0 Å². The number of aromatic nitrogens is 2. The molecule has 2 aliphatic rings. The van der Waals surface area contributed by atoms with E-state index in [1.165, 1.54) is 5.52 Å². The Morgan fingerprint density at radius 2 is 2.10 bits per heavy atom. The van der Waals surface area contributed by atoms with E-state index >= 15 is 0 Å². The van der Waals surface area contributed by atoms with E-state index in [1.807, 2.05) is 17.0 Å². The molecule has 6 nitrogen and oxygen atoms in total. The van der Waals surface area contributed by atoms with Gasteiger partial charge in [-0.1, -0.05) is 12.1 Å². The topological polar surface area (TPSA) is 50.4 Å². The smallest absolute Gasteiger partial charge is 0.359 e. The SMILES string of the molecule is O=C(Cn1c2[n+](c3ccccc31)CCN2)N1CCOCC1. The highest BCUT2D eigenvalue weighted by Crippen LogP contribution is 2.20. The number of anilines is 1. The van der Waals surface area contributed by atoms with Gasteiger partial charge < -0.3 is 9.64 Å². The molecule has 1 saturated heterocycles. The minimum absolute atomic E-state index is 0.163. The molecule has 1 amide bonds. The molecule has 0 spiro atoms. The molecule has 0 saturated carbocycles. The molecule has 0 bridgehead atoms. The van der Waals surface area contributed by atoms with Gasteiger partial charge in [-0.2, -0.15) is 0 Å². The van der Waals surface area contributed by atoms with E-state index < -0.39 is 0 Å². The first-order valence-electron chi connectivity index (χ1n) is 7.45. The molecule has 110 valence electrons. The zero-order valence-corrected chi connectivity index (χ0v) is 11.9. The van der Waals surface area contributed by atoms with Crippen molar-refractivity contribution in [3.05, 3.63) is 24.3 Å². The number of fused-ring (bicyclic) bond motifs is 3. The second-order valence-corrected chi connectivity index (χ2v) is 5.47. The quantitative estimate of drug-likeness (QED) is 0.804. The summed E-state index contributed by atoms with van der Waals surface area (Å²) in [6.45, 7) is 4.94. The van der Waals surface area contributed by atoms with Crippen LogP contribution >= 0.6 is 0 Å². The lowest BCUT2D eigenvalue weighted by atomic mass is 10.3. The van der Waals surface area contributed by atoms with Gasteiger partial charge in [-0.05, 0) is 12.1 Å². The Labute approximate surface area is 122 Å². The minimum atomic E-state index is 0.163. The first-order valence-corrected chi connectivity index (χ1v) is 7.45. The van der Waals surface area contributed by atoms with Crippen LogP contribution in [0.15, 0.2) is 24.3 Å². The molecule has 1 N–H and O–H groups in total. The number of ether oxygens (including phenoxy) is 1. The van der Waals surface area contributed by atoms with Gasteiger partial charge in [0.1, 0.15) is 17.6 Å². The highest BCUT2D eigenvalue weighted by Gasteiger charge is 2.30. The molecule has 2 aromatic rings. The molecule has 21 heavy (non-hydrogen) atoms. The van der Waals surface area contributed by atoms with Gasteiger partial charge in [-0.15, -0.1) is 0 Å². The predicted molar refractivity (Wildman–Crippen MR) is 78.0 cm³/mol. The number of imidazole rings is 1. The zero-order valence-electron chi connectivity index (χ0n) is 11.9. The van der Waals surface area contributed by atoms with Crippen molar-refractivity contribution in [1.82, 2.24) is 9.47 Å². The van der Waals surface area contributed by atoms with E-state index in [0.29, 0.717) is 32.8 Å². The van der Waals surface area contributed by atoms with Crippen molar-refractivity contribution in [2.24, 2.45) is 0 Å². The molecule has 1 aromatic heterocycles. The van der Waals surface area contributed by atoms with Crippen LogP contribution in [0.25, 0.3) is 11.0 Å². The average Bonchev–Trinajstić information content (AvgIpc) is 3.11. The lowest BCUT2D eigenvalue weighted by Gasteiger charge is -2.26. The van der Waals surface area contributed by atoms with Gasteiger partial charge in [-0.3, -0.25) is 10.1 Å². The minimum Gasteiger partial charge on any atom is -0.378 e. The zero-order chi connectivity index (χ0) is 14.2. The first kappa shape index (κ1) is 12.6. The predicted octanol–water partition coefficient (Wildman–Crippen LogP) is 0.213. The lowest BCUT2D eigenvalue weighted by Crippen LogP contribution is -2.42. The summed E-state index contributed by atoms with van der Waals surface area (Å²) in [5, 5.41) is 3.40. The standard InChI is InChI=1S/C15H18N4O2/c20-14(17-7-9-21-10-8-17)11-19-13-4-2-1-3-12(13)18-6-5-16-15(18)19/h1-4H,5-11H2/p+1. The van der Waals surface area contributed by atoms with E-state index in [1.54, 1.807) is 0 Å². The second kappa shape index (κ2) is 5.04. The van der Waals surface area contributed by atoms with Crippen molar-refractivity contribution in [3.63, 3.8) is 0 Å². The number of para-hydroxylation sites is 2. The lowest BCUT2D eigenvalue weighted by molar-refractivity contribution is -0.644. The number of amides is 1. The van der Waals surface area contributed by atoms with Crippen LogP contribution in [0.5, 0.6) is 0 Å². The maximum absolute atomic E-state index is 12.5. The number of benzene rings is 1. The van der Waals surface area contributed by atoms with Crippen molar-refractivity contribution in [3.8, 4) is 0 Å². The third-order valence-electron chi connectivity index (χ3n) is 4.25. The van der Waals surface area contributed by atoms with Crippen molar-refractivity contribution in [1.29, 1.82) is 0 Å². The van der Waals surface area contributed by atoms with Gasteiger partial charge in [0.15, 0.2) is 6.54 Å². The summed E-state index contributed by atoms with van der Waals surface area (Å²) in [6, 6.07) is 8.26. The summed E-state index contributed by atoms with van der Waals surface area (Å²) in [7, 11) is 0. The van der Waals surface area contributed by atoms with Crippen molar-refractivity contribution in [2.45, 2.75) is 13.1 Å². The fraction of sp³-hybridized carbons (Fsp3) is 0.467. The normalized spacial score (nSPS) is 17.8. The molecular weight excluding hydrogens is 268 g/mol. The van der Waals surface area contributed by atoms with Crippen LogP contribution < -0.4 is 9.88 Å². The van der Waals surface area contributed by atoms with Gasteiger partial charge in [0, 0.05) is 13.1 Å². The Bertz CT molecular complexity index is 688. The van der Waals surface area contributed by atoms with Crippen LogP contribution in [0.2, 0.25) is 0 Å². The third kappa shape index (κ3) is 2.06. The van der Waals surface area contributed by atoms with Crippen LogP contribution in [-0.2, 0) is 22.6 Å². The van der Waals surface area contributed by atoms with Gasteiger partial charge in [0.25, 0.3) is 5.91 Å². The second-order valence-electron chi connectivity index (χ2n) is 5.47. The van der Waals surface area contributed by atoms with E-state index in [9.17, 15) is 4.79 Å². The summed E-state index contributed by atoms with van der Waals surface area (Å²) in [6.07, 6.45) is 0. The molecule has 1 fully saturated rings. The van der Waals surface area contributed by atoms with Gasteiger partial charge in [0.2, 0.25) is 0 Å². The maximum atomic E-state index is 12.5. The highest BCUT2D eigenvalue weighted by atomic mass is 16.5. The third-order valence-corrected chi connectivity index (χ3v) is 4.25. The van der Waals surface area contributed by atoms with Crippen LogP contribution in [0.4, 0.5) is 5.95 Å². The molecule has 0 atom stereocenters. The monoisotopic (exact) mass is 287 g/mol. The number of carbonyl (C=O) groups is 1. The molecule has 2 aliphatic heterocycles. The fourth-order valence-electron chi connectivity index (χ4n) is 3.20. The number of morpholine rings is 1. The van der Waals surface area contributed by atoms with E-state index in [2.05, 4.69) is 26.6 Å². The molecule has 0 aliphatic carbocycles. The summed E-state index contributed by atoms with van der Waals surface area (Å²) in [4.78, 5) is 14.4. The Morgan fingerprint density at radius 1 is 1.29 bits per heavy atom. The number of carbonyl (C=O) groups excluding carboxylic acids is 1. The molecule has 4 rings (SSSR count). The Kier molecular flexibility index (Phi) is 3.03. The molecule has 0 unspecified atom stereocenters. The molecule has 0 radical (unpaired) electrons. The number of nitrogens with one attached hydrogen (secondary N) is 1. The van der Waals surface area contributed by atoms with Crippen molar-refractivity contribution < 1.29 is 14.1 Å². The number of rotatable bonds is 2. The van der Waals surface area contributed by atoms with E-state index in [4.69, 9.17) is 4.74 Å².